The fourth-order valence-corrected chi connectivity index (χ4v) is 3.67. The summed E-state index contributed by atoms with van der Waals surface area (Å²) in [5.74, 6) is 1.79. The standard InChI is InChI=1S/C17H36N2/c1-6-9-15-10-11-16(18-5)17(12-15)19(8-3)13-14(4)7-2/h14-18H,6-13H2,1-5H3. The Morgan fingerprint density at radius 3 is 2.47 bits per heavy atom. The van der Waals surface area contributed by atoms with Gasteiger partial charge in [-0.2, -0.15) is 0 Å². The lowest BCUT2D eigenvalue weighted by atomic mass is 9.79. The van der Waals surface area contributed by atoms with Crippen LogP contribution in [0.4, 0.5) is 0 Å². The predicted molar refractivity (Wildman–Crippen MR) is 85.6 cm³/mol. The average Bonchev–Trinajstić information content (AvgIpc) is 2.44. The van der Waals surface area contributed by atoms with Gasteiger partial charge in [0, 0.05) is 18.6 Å². The maximum absolute atomic E-state index is 3.58. The fourth-order valence-electron chi connectivity index (χ4n) is 3.67. The van der Waals surface area contributed by atoms with E-state index in [0.29, 0.717) is 6.04 Å². The highest BCUT2D eigenvalue weighted by Crippen LogP contribution is 2.31. The van der Waals surface area contributed by atoms with Gasteiger partial charge in [-0.1, -0.05) is 47.0 Å². The van der Waals surface area contributed by atoms with Crippen molar-refractivity contribution < 1.29 is 0 Å². The van der Waals surface area contributed by atoms with Gasteiger partial charge < -0.3 is 5.32 Å². The quantitative estimate of drug-likeness (QED) is 0.718. The molecule has 0 aromatic carbocycles. The van der Waals surface area contributed by atoms with E-state index in [0.717, 1.165) is 17.9 Å². The van der Waals surface area contributed by atoms with Crippen LogP contribution in [0.2, 0.25) is 0 Å². The second kappa shape index (κ2) is 8.97. The van der Waals surface area contributed by atoms with Crippen LogP contribution in [0.15, 0.2) is 0 Å². The minimum atomic E-state index is 0.706. The zero-order chi connectivity index (χ0) is 14.3. The highest BCUT2D eigenvalue weighted by Gasteiger charge is 2.32. The van der Waals surface area contributed by atoms with Gasteiger partial charge in [0.2, 0.25) is 0 Å². The van der Waals surface area contributed by atoms with E-state index in [9.17, 15) is 0 Å². The first kappa shape index (κ1) is 17.0. The number of hydrogen-bond acceptors (Lipinski definition) is 2. The van der Waals surface area contributed by atoms with E-state index in [1.165, 1.54) is 51.6 Å². The average molecular weight is 268 g/mol. The van der Waals surface area contributed by atoms with Gasteiger partial charge in [-0.3, -0.25) is 4.90 Å². The third-order valence-electron chi connectivity index (χ3n) is 5.11. The molecule has 1 rings (SSSR count). The number of nitrogens with one attached hydrogen (secondary N) is 1. The van der Waals surface area contributed by atoms with E-state index in [-0.39, 0.29) is 0 Å². The second-order valence-corrected chi connectivity index (χ2v) is 6.53. The molecular weight excluding hydrogens is 232 g/mol. The van der Waals surface area contributed by atoms with Crippen molar-refractivity contribution in [3.8, 4) is 0 Å². The maximum atomic E-state index is 3.58. The Bertz CT molecular complexity index is 229. The van der Waals surface area contributed by atoms with Gasteiger partial charge in [-0.25, -0.2) is 0 Å². The molecule has 0 spiro atoms. The Morgan fingerprint density at radius 2 is 1.95 bits per heavy atom. The van der Waals surface area contributed by atoms with E-state index in [4.69, 9.17) is 0 Å². The number of rotatable bonds is 8. The summed E-state index contributed by atoms with van der Waals surface area (Å²) in [4.78, 5) is 2.75. The maximum Gasteiger partial charge on any atom is 0.0251 e. The topological polar surface area (TPSA) is 15.3 Å². The highest BCUT2D eigenvalue weighted by molar-refractivity contribution is 4.90. The highest BCUT2D eigenvalue weighted by atomic mass is 15.2. The SMILES string of the molecule is CCCC1CCC(NC)C(N(CC)CC(C)CC)C1. The summed E-state index contributed by atoms with van der Waals surface area (Å²) in [5.41, 5.74) is 0. The van der Waals surface area contributed by atoms with Crippen molar-refractivity contribution in [3.63, 3.8) is 0 Å². The molecule has 4 atom stereocenters. The molecule has 0 bridgehead atoms. The molecule has 0 amide bonds. The summed E-state index contributed by atoms with van der Waals surface area (Å²) in [7, 11) is 2.15. The van der Waals surface area contributed by atoms with E-state index < -0.39 is 0 Å². The number of hydrogen-bond donors (Lipinski definition) is 1. The molecule has 0 heterocycles. The minimum Gasteiger partial charge on any atom is -0.315 e. The fraction of sp³-hybridized carbons (Fsp3) is 1.00. The molecule has 0 aromatic rings. The zero-order valence-corrected chi connectivity index (χ0v) is 13.9. The van der Waals surface area contributed by atoms with Gasteiger partial charge in [0.05, 0.1) is 0 Å². The number of likely N-dealkylation sites (N-methyl/N-ethyl adjacent to an activating group) is 2. The largest absolute Gasteiger partial charge is 0.315 e. The Labute approximate surface area is 121 Å². The molecular formula is C17H36N2. The molecule has 0 aromatic heterocycles. The Morgan fingerprint density at radius 1 is 1.21 bits per heavy atom. The molecule has 2 nitrogen and oxygen atoms in total. The summed E-state index contributed by atoms with van der Waals surface area (Å²) < 4.78 is 0. The Kier molecular flexibility index (Phi) is 8.01. The molecule has 19 heavy (non-hydrogen) atoms. The Hall–Kier alpha value is -0.0800. The summed E-state index contributed by atoms with van der Waals surface area (Å²) in [5, 5.41) is 3.58. The van der Waals surface area contributed by atoms with E-state index >= 15 is 0 Å². The van der Waals surface area contributed by atoms with Crippen LogP contribution in [0.3, 0.4) is 0 Å². The zero-order valence-electron chi connectivity index (χ0n) is 13.9. The van der Waals surface area contributed by atoms with E-state index in [2.05, 4.69) is 45.0 Å². The lowest BCUT2D eigenvalue weighted by molar-refractivity contribution is 0.0885. The van der Waals surface area contributed by atoms with Gasteiger partial charge in [-0.05, 0) is 44.7 Å². The molecule has 1 aliphatic carbocycles. The van der Waals surface area contributed by atoms with Gasteiger partial charge in [-0.15, -0.1) is 0 Å². The first-order valence-corrected chi connectivity index (χ1v) is 8.57. The van der Waals surface area contributed by atoms with Crippen LogP contribution in [0.25, 0.3) is 0 Å². The minimum absolute atomic E-state index is 0.706. The Balaban J connectivity index is 2.65. The predicted octanol–water partition coefficient (Wildman–Crippen LogP) is 3.91. The molecule has 1 N–H and O–H groups in total. The first-order valence-electron chi connectivity index (χ1n) is 8.57. The van der Waals surface area contributed by atoms with Gasteiger partial charge in [0.25, 0.3) is 0 Å². The molecule has 0 saturated heterocycles. The van der Waals surface area contributed by atoms with Gasteiger partial charge in [0.1, 0.15) is 0 Å². The molecule has 114 valence electrons. The molecule has 1 aliphatic rings. The van der Waals surface area contributed by atoms with Crippen molar-refractivity contribution in [3.05, 3.63) is 0 Å². The van der Waals surface area contributed by atoms with Crippen LogP contribution in [-0.2, 0) is 0 Å². The lowest BCUT2D eigenvalue weighted by Crippen LogP contribution is -2.53. The number of nitrogens with zero attached hydrogens (tertiary/aromatic N) is 1. The third kappa shape index (κ3) is 5.07. The molecule has 1 fully saturated rings. The van der Waals surface area contributed by atoms with Crippen molar-refractivity contribution in [1.29, 1.82) is 0 Å². The summed E-state index contributed by atoms with van der Waals surface area (Å²) in [6, 6.07) is 1.46. The van der Waals surface area contributed by atoms with Crippen molar-refractivity contribution in [2.75, 3.05) is 20.1 Å². The van der Waals surface area contributed by atoms with Crippen LogP contribution in [0.5, 0.6) is 0 Å². The van der Waals surface area contributed by atoms with Gasteiger partial charge >= 0.3 is 0 Å². The van der Waals surface area contributed by atoms with Crippen molar-refractivity contribution in [1.82, 2.24) is 10.2 Å². The summed E-state index contributed by atoms with van der Waals surface area (Å²) in [6.45, 7) is 11.8. The van der Waals surface area contributed by atoms with Crippen LogP contribution < -0.4 is 5.32 Å². The lowest BCUT2D eigenvalue weighted by Gasteiger charge is -2.43. The molecule has 0 radical (unpaired) electrons. The monoisotopic (exact) mass is 268 g/mol. The van der Waals surface area contributed by atoms with Crippen LogP contribution in [0.1, 0.15) is 66.2 Å². The van der Waals surface area contributed by atoms with Crippen LogP contribution in [-0.4, -0.2) is 37.1 Å². The van der Waals surface area contributed by atoms with Crippen molar-refractivity contribution >= 4 is 0 Å². The van der Waals surface area contributed by atoms with Crippen molar-refractivity contribution in [2.24, 2.45) is 11.8 Å². The molecule has 4 unspecified atom stereocenters. The first-order chi connectivity index (χ1) is 9.15. The molecule has 1 saturated carbocycles. The summed E-state index contributed by atoms with van der Waals surface area (Å²) >= 11 is 0. The van der Waals surface area contributed by atoms with Crippen LogP contribution >= 0.6 is 0 Å². The van der Waals surface area contributed by atoms with Crippen molar-refractivity contribution in [2.45, 2.75) is 78.3 Å². The summed E-state index contributed by atoms with van der Waals surface area (Å²) in [6.07, 6.45) is 8.27. The van der Waals surface area contributed by atoms with E-state index in [1.807, 2.05) is 0 Å². The smallest absolute Gasteiger partial charge is 0.0251 e. The molecule has 2 heteroatoms. The molecule has 0 aliphatic heterocycles. The van der Waals surface area contributed by atoms with Gasteiger partial charge in [0.15, 0.2) is 0 Å². The normalized spacial score (nSPS) is 29.7. The third-order valence-corrected chi connectivity index (χ3v) is 5.11. The van der Waals surface area contributed by atoms with Crippen LogP contribution in [0, 0.1) is 11.8 Å². The second-order valence-electron chi connectivity index (χ2n) is 6.53. The van der Waals surface area contributed by atoms with E-state index in [1.54, 1.807) is 0 Å².